The number of carbonyl (C=O) groups excluding carboxylic acids is 2. The van der Waals surface area contributed by atoms with Gasteiger partial charge in [-0.15, -0.1) is 0 Å². The smallest absolute Gasteiger partial charge is 0.254 e. The molecule has 0 spiro atoms. The molecule has 2 N–H and O–H groups in total. The van der Waals surface area contributed by atoms with Gasteiger partial charge in [-0.25, -0.2) is 0 Å². The van der Waals surface area contributed by atoms with E-state index in [1.807, 2.05) is 54.6 Å². The summed E-state index contributed by atoms with van der Waals surface area (Å²) in [5, 5.41) is 5.95. The standard InChI is InChI=1S/C27H29N3O4/c31-26(20-28-24-8-4-7-22(19-24)27(32)30-14-17-33-18-15-30)29-23-9-11-25(12-10-23)34-16-13-21-5-2-1-3-6-21/h1-12,19,28H,13-18,20H2,(H,29,31). The Morgan fingerprint density at radius 2 is 1.65 bits per heavy atom. The van der Waals surface area contributed by atoms with Gasteiger partial charge in [0, 0.05) is 36.4 Å². The zero-order chi connectivity index (χ0) is 23.6. The van der Waals surface area contributed by atoms with E-state index in [-0.39, 0.29) is 18.4 Å². The van der Waals surface area contributed by atoms with Gasteiger partial charge < -0.3 is 25.0 Å². The highest BCUT2D eigenvalue weighted by molar-refractivity contribution is 5.96. The lowest BCUT2D eigenvalue weighted by molar-refractivity contribution is -0.114. The Labute approximate surface area is 199 Å². The second kappa shape index (κ2) is 11.9. The molecule has 0 bridgehead atoms. The maximum absolute atomic E-state index is 12.6. The van der Waals surface area contributed by atoms with Crippen LogP contribution in [0.5, 0.6) is 5.75 Å². The predicted octanol–water partition coefficient (Wildman–Crippen LogP) is 3.83. The maximum Gasteiger partial charge on any atom is 0.254 e. The highest BCUT2D eigenvalue weighted by Gasteiger charge is 2.18. The largest absolute Gasteiger partial charge is 0.493 e. The van der Waals surface area contributed by atoms with E-state index < -0.39 is 0 Å². The van der Waals surface area contributed by atoms with Crippen molar-refractivity contribution in [2.24, 2.45) is 0 Å². The summed E-state index contributed by atoms with van der Waals surface area (Å²) in [6.45, 7) is 2.98. The van der Waals surface area contributed by atoms with Crippen molar-refractivity contribution in [3.8, 4) is 5.75 Å². The molecule has 0 radical (unpaired) electrons. The molecule has 34 heavy (non-hydrogen) atoms. The number of morpholine rings is 1. The Balaban J connectivity index is 1.22. The van der Waals surface area contributed by atoms with Crippen molar-refractivity contribution in [2.75, 3.05) is 50.1 Å². The van der Waals surface area contributed by atoms with Crippen LogP contribution >= 0.6 is 0 Å². The highest BCUT2D eigenvalue weighted by atomic mass is 16.5. The number of nitrogens with zero attached hydrogens (tertiary/aromatic N) is 1. The van der Waals surface area contributed by atoms with Crippen LogP contribution in [-0.4, -0.2) is 56.2 Å². The molecule has 1 fully saturated rings. The van der Waals surface area contributed by atoms with Crippen molar-refractivity contribution in [3.05, 3.63) is 90.0 Å². The van der Waals surface area contributed by atoms with Gasteiger partial charge in [0.1, 0.15) is 5.75 Å². The molecule has 4 rings (SSSR count). The van der Waals surface area contributed by atoms with Crippen molar-refractivity contribution < 1.29 is 19.1 Å². The van der Waals surface area contributed by atoms with Gasteiger partial charge in [-0.3, -0.25) is 9.59 Å². The fourth-order valence-corrected chi connectivity index (χ4v) is 3.66. The number of nitrogens with one attached hydrogen (secondary N) is 2. The summed E-state index contributed by atoms with van der Waals surface area (Å²) in [6.07, 6.45) is 0.838. The first-order chi connectivity index (χ1) is 16.7. The maximum atomic E-state index is 12.6. The summed E-state index contributed by atoms with van der Waals surface area (Å²) in [6, 6.07) is 24.7. The van der Waals surface area contributed by atoms with Gasteiger partial charge >= 0.3 is 0 Å². The minimum Gasteiger partial charge on any atom is -0.493 e. The van der Waals surface area contributed by atoms with E-state index in [4.69, 9.17) is 9.47 Å². The molecule has 3 aromatic rings. The fourth-order valence-electron chi connectivity index (χ4n) is 3.66. The molecule has 0 aromatic heterocycles. The van der Waals surface area contributed by atoms with Crippen LogP contribution in [0.2, 0.25) is 0 Å². The fraction of sp³-hybridized carbons (Fsp3) is 0.259. The molecule has 1 saturated heterocycles. The molecule has 0 atom stereocenters. The molecule has 2 amide bonds. The molecule has 3 aromatic carbocycles. The molecule has 0 unspecified atom stereocenters. The zero-order valence-corrected chi connectivity index (χ0v) is 19.0. The van der Waals surface area contributed by atoms with Gasteiger partial charge in [0.25, 0.3) is 5.91 Å². The van der Waals surface area contributed by atoms with E-state index in [0.29, 0.717) is 44.2 Å². The third-order valence-corrected chi connectivity index (χ3v) is 5.50. The number of amides is 2. The molecule has 176 valence electrons. The van der Waals surface area contributed by atoms with Gasteiger partial charge in [0.15, 0.2) is 0 Å². The third kappa shape index (κ3) is 6.83. The Hall–Kier alpha value is -3.84. The number of anilines is 2. The Morgan fingerprint density at radius 3 is 2.41 bits per heavy atom. The summed E-state index contributed by atoms with van der Waals surface area (Å²) in [5.74, 6) is 0.555. The molecule has 7 heteroatoms. The number of hydrogen-bond acceptors (Lipinski definition) is 5. The monoisotopic (exact) mass is 459 g/mol. The number of ether oxygens (including phenoxy) is 2. The van der Waals surface area contributed by atoms with Crippen LogP contribution in [0.3, 0.4) is 0 Å². The first-order valence-electron chi connectivity index (χ1n) is 11.4. The lowest BCUT2D eigenvalue weighted by Gasteiger charge is -2.27. The van der Waals surface area contributed by atoms with Crippen LogP contribution in [0.4, 0.5) is 11.4 Å². The first kappa shape index (κ1) is 23.3. The summed E-state index contributed by atoms with van der Waals surface area (Å²) in [4.78, 5) is 26.8. The van der Waals surface area contributed by atoms with Crippen molar-refractivity contribution in [2.45, 2.75) is 6.42 Å². The molecule has 0 aliphatic carbocycles. The van der Waals surface area contributed by atoms with Crippen molar-refractivity contribution in [1.82, 2.24) is 4.90 Å². The Kier molecular flexibility index (Phi) is 8.13. The van der Waals surface area contributed by atoms with Crippen LogP contribution in [0.1, 0.15) is 15.9 Å². The number of benzene rings is 3. The Bertz CT molecular complexity index is 1080. The highest BCUT2D eigenvalue weighted by Crippen LogP contribution is 2.17. The van der Waals surface area contributed by atoms with Crippen LogP contribution in [-0.2, 0) is 16.0 Å². The van der Waals surface area contributed by atoms with Crippen molar-refractivity contribution in [3.63, 3.8) is 0 Å². The van der Waals surface area contributed by atoms with Crippen molar-refractivity contribution >= 4 is 23.2 Å². The topological polar surface area (TPSA) is 79.9 Å². The summed E-state index contributed by atoms with van der Waals surface area (Å²) in [7, 11) is 0. The van der Waals surface area contributed by atoms with Gasteiger partial charge in [0.05, 0.1) is 26.4 Å². The molecule has 1 heterocycles. The molecule has 1 aliphatic rings. The van der Waals surface area contributed by atoms with E-state index >= 15 is 0 Å². The minimum atomic E-state index is -0.178. The minimum absolute atomic E-state index is 0.0255. The van der Waals surface area contributed by atoms with Gasteiger partial charge in [-0.2, -0.15) is 0 Å². The second-order valence-electron chi connectivity index (χ2n) is 8.00. The van der Waals surface area contributed by atoms with Crippen LogP contribution in [0.25, 0.3) is 0 Å². The zero-order valence-electron chi connectivity index (χ0n) is 19.0. The summed E-state index contributed by atoms with van der Waals surface area (Å²) in [5.41, 5.74) is 3.24. The third-order valence-electron chi connectivity index (χ3n) is 5.50. The SMILES string of the molecule is O=C(CNc1cccc(C(=O)N2CCOCC2)c1)Nc1ccc(OCCc2ccccc2)cc1. The van der Waals surface area contributed by atoms with Gasteiger partial charge in [-0.05, 0) is 48.0 Å². The van der Waals surface area contributed by atoms with E-state index in [0.717, 1.165) is 17.9 Å². The lowest BCUT2D eigenvalue weighted by Crippen LogP contribution is -2.40. The molecule has 7 nitrogen and oxygen atoms in total. The Morgan fingerprint density at radius 1 is 0.882 bits per heavy atom. The number of carbonyl (C=O) groups is 2. The van der Waals surface area contributed by atoms with Gasteiger partial charge in [-0.1, -0.05) is 36.4 Å². The predicted molar refractivity (Wildman–Crippen MR) is 132 cm³/mol. The van der Waals surface area contributed by atoms with Crippen molar-refractivity contribution in [1.29, 1.82) is 0 Å². The van der Waals surface area contributed by atoms with Crippen LogP contribution in [0, 0.1) is 0 Å². The number of rotatable bonds is 9. The summed E-state index contributed by atoms with van der Waals surface area (Å²) < 4.78 is 11.1. The second-order valence-corrected chi connectivity index (χ2v) is 8.00. The average molecular weight is 460 g/mol. The summed E-state index contributed by atoms with van der Waals surface area (Å²) >= 11 is 0. The van der Waals surface area contributed by atoms with E-state index in [1.54, 1.807) is 17.0 Å². The molecular weight excluding hydrogens is 430 g/mol. The van der Waals surface area contributed by atoms with E-state index in [2.05, 4.69) is 22.8 Å². The normalized spacial score (nSPS) is 13.2. The molecular formula is C27H29N3O4. The quantitative estimate of drug-likeness (QED) is 0.508. The molecule has 0 saturated carbocycles. The van der Waals surface area contributed by atoms with Gasteiger partial charge in [0.2, 0.25) is 5.91 Å². The average Bonchev–Trinajstić information content (AvgIpc) is 2.89. The molecule has 1 aliphatic heterocycles. The van der Waals surface area contributed by atoms with Crippen LogP contribution in [0.15, 0.2) is 78.9 Å². The van der Waals surface area contributed by atoms with E-state index in [1.165, 1.54) is 5.56 Å². The first-order valence-corrected chi connectivity index (χ1v) is 11.4. The lowest BCUT2D eigenvalue weighted by atomic mass is 10.1. The van der Waals surface area contributed by atoms with Crippen LogP contribution < -0.4 is 15.4 Å². The number of hydrogen-bond donors (Lipinski definition) is 2. The van der Waals surface area contributed by atoms with E-state index in [9.17, 15) is 9.59 Å².